The van der Waals surface area contributed by atoms with Crippen LogP contribution in [0.25, 0.3) is 77.6 Å². The number of pyridine rings is 3. The van der Waals surface area contributed by atoms with E-state index in [1.807, 2.05) is 24.5 Å². The molecule has 6 heteroatoms. The molecule has 0 aliphatic heterocycles. The van der Waals surface area contributed by atoms with Gasteiger partial charge in [0.25, 0.3) is 0 Å². The van der Waals surface area contributed by atoms with E-state index in [2.05, 4.69) is 165 Å². The molecule has 0 saturated heterocycles. The molecule has 0 amide bonds. The molecule has 10 aromatic rings. The lowest BCUT2D eigenvalue weighted by atomic mass is 9.88. The minimum Gasteiger partial charge on any atom is -0.457 e. The summed E-state index contributed by atoms with van der Waals surface area (Å²) < 4.78 is 11.3. The summed E-state index contributed by atoms with van der Waals surface area (Å²) >= 11 is 0. The van der Waals surface area contributed by atoms with Gasteiger partial charge < -0.3 is 4.74 Å². The van der Waals surface area contributed by atoms with Gasteiger partial charge in [0.05, 0.1) is 22.4 Å². The fourth-order valence-corrected chi connectivity index (χ4v) is 8.12. The van der Waals surface area contributed by atoms with Gasteiger partial charge in [-0.25, -0.2) is 15.0 Å². The minimum absolute atomic E-state index is 0.0101. The SMILES string of the molecule is Cc1ccccc1-c1nc2c3cc(Oc4ccc5c6ccccc6n(-c6cc(C(C)(C)C)ccn6)c5c4)ccc3c3cccnc3n2c1-c1ccccc1C. The van der Waals surface area contributed by atoms with Crippen LogP contribution in [0.5, 0.6) is 11.5 Å². The van der Waals surface area contributed by atoms with Crippen molar-refractivity contribution in [3.63, 3.8) is 0 Å². The van der Waals surface area contributed by atoms with Crippen molar-refractivity contribution in [2.75, 3.05) is 0 Å². The van der Waals surface area contributed by atoms with Crippen LogP contribution in [0.1, 0.15) is 37.5 Å². The lowest BCUT2D eigenvalue weighted by molar-refractivity contribution is 0.484. The van der Waals surface area contributed by atoms with E-state index in [1.165, 1.54) is 22.1 Å². The molecule has 0 spiro atoms. The van der Waals surface area contributed by atoms with Crippen LogP contribution in [0.15, 0.2) is 146 Å². The molecule has 10 rings (SSSR count). The molecule has 0 saturated carbocycles. The number of ether oxygens (including phenoxy) is 1. The zero-order chi connectivity index (χ0) is 37.4. The second-order valence-electron chi connectivity index (χ2n) is 15.5. The minimum atomic E-state index is -0.0101. The number of benzene rings is 5. The monoisotopic (exact) mass is 713 g/mol. The first-order valence-electron chi connectivity index (χ1n) is 18.8. The summed E-state index contributed by atoms with van der Waals surface area (Å²) in [6.07, 6.45) is 3.78. The summed E-state index contributed by atoms with van der Waals surface area (Å²) in [6.45, 7) is 11.0. The van der Waals surface area contributed by atoms with Crippen LogP contribution in [0.3, 0.4) is 0 Å². The van der Waals surface area contributed by atoms with Crippen LogP contribution < -0.4 is 4.74 Å². The van der Waals surface area contributed by atoms with Gasteiger partial charge in [-0.1, -0.05) is 87.5 Å². The van der Waals surface area contributed by atoms with E-state index >= 15 is 0 Å². The normalized spacial score (nSPS) is 12.1. The number of hydrogen-bond donors (Lipinski definition) is 0. The molecule has 5 aromatic carbocycles. The van der Waals surface area contributed by atoms with E-state index in [1.54, 1.807) is 0 Å². The lowest BCUT2D eigenvalue weighted by Gasteiger charge is -2.20. The number of aryl methyl sites for hydroxylation is 2. The second kappa shape index (κ2) is 12.4. The standard InChI is InChI=1S/C49H39N5O/c1-30-13-6-8-15-35(30)45-46(36-16-9-7-14-31(36)2)54-47-40(18-12-25-51-47)37-22-20-33(28-41(37)48(54)52-45)55-34-21-23-39-38-17-10-11-19-42(38)53(43(39)29-34)44-27-32(24-26-50-44)49(3,4)5/h6-29H,1-5H3. The Labute approximate surface area is 319 Å². The number of aromatic nitrogens is 5. The van der Waals surface area contributed by atoms with Gasteiger partial charge in [0.15, 0.2) is 0 Å². The second-order valence-corrected chi connectivity index (χ2v) is 15.5. The maximum atomic E-state index is 6.78. The Kier molecular flexibility index (Phi) is 7.39. The maximum absolute atomic E-state index is 6.78. The molecule has 266 valence electrons. The van der Waals surface area contributed by atoms with Crippen molar-refractivity contribution >= 4 is 49.3 Å². The van der Waals surface area contributed by atoms with Crippen molar-refractivity contribution in [1.82, 2.24) is 23.9 Å². The average Bonchev–Trinajstić information content (AvgIpc) is 3.75. The van der Waals surface area contributed by atoms with E-state index in [9.17, 15) is 0 Å². The van der Waals surface area contributed by atoms with Gasteiger partial charge in [0.1, 0.15) is 28.6 Å². The first-order valence-corrected chi connectivity index (χ1v) is 18.8. The summed E-state index contributed by atoms with van der Waals surface area (Å²) in [5.74, 6) is 2.36. The number of hydrogen-bond acceptors (Lipinski definition) is 4. The first-order chi connectivity index (χ1) is 26.7. The predicted molar refractivity (Wildman–Crippen MR) is 226 cm³/mol. The van der Waals surface area contributed by atoms with Gasteiger partial charge in [0.2, 0.25) is 0 Å². The van der Waals surface area contributed by atoms with Crippen LogP contribution in [0, 0.1) is 13.8 Å². The molecule has 0 fully saturated rings. The molecular weight excluding hydrogens is 675 g/mol. The summed E-state index contributed by atoms with van der Waals surface area (Å²) in [5, 5.41) is 5.44. The van der Waals surface area contributed by atoms with E-state index in [0.717, 1.165) is 83.7 Å². The number of para-hydroxylation sites is 1. The van der Waals surface area contributed by atoms with Crippen molar-refractivity contribution in [3.05, 3.63) is 163 Å². The van der Waals surface area contributed by atoms with Crippen LogP contribution >= 0.6 is 0 Å². The third-order valence-corrected chi connectivity index (χ3v) is 10.9. The Hall–Kier alpha value is -6.79. The van der Waals surface area contributed by atoms with Crippen LogP contribution in [0.2, 0.25) is 0 Å². The van der Waals surface area contributed by atoms with Gasteiger partial charge in [-0.3, -0.25) is 8.97 Å². The van der Waals surface area contributed by atoms with Crippen molar-refractivity contribution < 1.29 is 4.74 Å². The van der Waals surface area contributed by atoms with Gasteiger partial charge in [0, 0.05) is 51.1 Å². The summed E-state index contributed by atoms with van der Waals surface area (Å²) in [5.41, 5.74) is 11.6. The summed E-state index contributed by atoms with van der Waals surface area (Å²) in [6, 6.07) is 46.6. The summed E-state index contributed by atoms with van der Waals surface area (Å²) in [4.78, 5) is 15.3. The van der Waals surface area contributed by atoms with Gasteiger partial charge in [-0.2, -0.15) is 0 Å². The molecule has 55 heavy (non-hydrogen) atoms. The molecular formula is C49H39N5O. The molecule has 0 N–H and O–H groups in total. The molecule has 0 bridgehead atoms. The van der Waals surface area contributed by atoms with Crippen molar-refractivity contribution in [2.24, 2.45) is 0 Å². The third-order valence-electron chi connectivity index (χ3n) is 10.9. The largest absolute Gasteiger partial charge is 0.457 e. The van der Waals surface area contributed by atoms with E-state index in [0.29, 0.717) is 0 Å². The highest BCUT2D eigenvalue weighted by Crippen LogP contribution is 2.42. The highest BCUT2D eigenvalue weighted by molar-refractivity contribution is 6.13. The van der Waals surface area contributed by atoms with Crippen LogP contribution in [0.4, 0.5) is 0 Å². The first kappa shape index (κ1) is 32.8. The van der Waals surface area contributed by atoms with E-state index in [4.69, 9.17) is 19.7 Å². The Balaban J connectivity index is 1.18. The topological polar surface area (TPSA) is 57.2 Å². The lowest BCUT2D eigenvalue weighted by Crippen LogP contribution is -2.12. The number of rotatable bonds is 5. The molecule has 6 nitrogen and oxygen atoms in total. The van der Waals surface area contributed by atoms with E-state index in [-0.39, 0.29) is 5.41 Å². The van der Waals surface area contributed by atoms with Crippen molar-refractivity contribution in [3.8, 4) is 39.8 Å². The Morgan fingerprint density at radius 1 is 0.527 bits per heavy atom. The fourth-order valence-electron chi connectivity index (χ4n) is 8.12. The van der Waals surface area contributed by atoms with Gasteiger partial charge >= 0.3 is 0 Å². The molecule has 0 atom stereocenters. The average molecular weight is 714 g/mol. The van der Waals surface area contributed by atoms with Crippen LogP contribution in [-0.2, 0) is 5.41 Å². The maximum Gasteiger partial charge on any atom is 0.147 e. The Bertz CT molecular complexity index is 3140. The third kappa shape index (κ3) is 5.28. The highest BCUT2D eigenvalue weighted by atomic mass is 16.5. The molecule has 5 heterocycles. The summed E-state index contributed by atoms with van der Waals surface area (Å²) in [7, 11) is 0. The van der Waals surface area contributed by atoms with Crippen molar-refractivity contribution in [2.45, 2.75) is 40.0 Å². The molecule has 0 radical (unpaired) electrons. The fraction of sp³-hybridized carbons (Fsp3) is 0.122. The zero-order valence-corrected chi connectivity index (χ0v) is 31.5. The zero-order valence-electron chi connectivity index (χ0n) is 31.5. The number of imidazole rings is 1. The van der Waals surface area contributed by atoms with E-state index < -0.39 is 0 Å². The van der Waals surface area contributed by atoms with Crippen molar-refractivity contribution in [1.29, 1.82) is 0 Å². The van der Waals surface area contributed by atoms with Crippen LogP contribution in [-0.4, -0.2) is 23.9 Å². The smallest absolute Gasteiger partial charge is 0.147 e. The van der Waals surface area contributed by atoms with Gasteiger partial charge in [-0.15, -0.1) is 0 Å². The predicted octanol–water partition coefficient (Wildman–Crippen LogP) is 12.6. The number of nitrogens with zero attached hydrogens (tertiary/aromatic N) is 5. The van der Waals surface area contributed by atoms with Gasteiger partial charge in [-0.05, 0) is 102 Å². The number of fused-ring (bicyclic) bond motifs is 9. The molecule has 0 aliphatic carbocycles. The molecule has 5 aromatic heterocycles. The Morgan fingerprint density at radius 3 is 1.98 bits per heavy atom. The quantitative estimate of drug-likeness (QED) is 0.167. The molecule has 0 unspecified atom stereocenters. The highest BCUT2D eigenvalue weighted by Gasteiger charge is 2.24. The Morgan fingerprint density at radius 2 is 1.20 bits per heavy atom. The molecule has 0 aliphatic rings.